The number of nitrogens with zero attached hydrogens (tertiary/aromatic N) is 1. The van der Waals surface area contributed by atoms with Crippen LogP contribution in [0.5, 0.6) is 0 Å². The van der Waals surface area contributed by atoms with Gasteiger partial charge in [0, 0.05) is 5.56 Å². The van der Waals surface area contributed by atoms with Gasteiger partial charge in [0.25, 0.3) is 0 Å². The summed E-state index contributed by atoms with van der Waals surface area (Å²) in [7, 11) is 0. The van der Waals surface area contributed by atoms with Crippen molar-refractivity contribution in [1.29, 1.82) is 5.26 Å². The molecule has 13 heavy (non-hydrogen) atoms. The molecule has 0 saturated heterocycles. The van der Waals surface area contributed by atoms with E-state index in [1.807, 2.05) is 0 Å². The number of aliphatic hydroxyl groups is 1. The predicted octanol–water partition coefficient (Wildman–Crippen LogP) is 2.08. The summed E-state index contributed by atoms with van der Waals surface area (Å²) >= 11 is 0. The van der Waals surface area contributed by atoms with Crippen LogP contribution in [-0.4, -0.2) is 5.11 Å². The third kappa shape index (κ3) is 2.04. The normalized spacial score (nSPS) is 12.2. The van der Waals surface area contributed by atoms with Crippen LogP contribution in [0.15, 0.2) is 18.2 Å². The summed E-state index contributed by atoms with van der Waals surface area (Å²) in [6.45, 7) is 1.62. The second-order valence-electron chi connectivity index (χ2n) is 2.86. The highest BCUT2D eigenvalue weighted by Gasteiger charge is 2.12. The number of hydrogen-bond acceptors (Lipinski definition) is 2. The van der Waals surface area contributed by atoms with E-state index in [-0.39, 0.29) is 12.0 Å². The van der Waals surface area contributed by atoms with E-state index in [0.29, 0.717) is 5.56 Å². The average molecular weight is 179 g/mol. The smallest absolute Gasteiger partial charge is 0.131 e. The molecule has 0 aliphatic heterocycles. The molecule has 0 heterocycles. The maximum absolute atomic E-state index is 13.3. The van der Waals surface area contributed by atoms with Crippen LogP contribution in [0.2, 0.25) is 0 Å². The molecule has 0 aliphatic carbocycles. The van der Waals surface area contributed by atoms with E-state index in [1.165, 1.54) is 6.07 Å². The molecule has 0 amide bonds. The lowest BCUT2D eigenvalue weighted by Crippen LogP contribution is -2.00. The summed E-state index contributed by atoms with van der Waals surface area (Å²) in [4.78, 5) is 0. The van der Waals surface area contributed by atoms with Crippen molar-refractivity contribution in [2.75, 3.05) is 0 Å². The first-order valence-electron chi connectivity index (χ1n) is 3.97. The van der Waals surface area contributed by atoms with E-state index >= 15 is 0 Å². The number of benzene rings is 1. The molecule has 1 unspecified atom stereocenters. The molecule has 1 aromatic rings. The number of hydrogen-bond donors (Lipinski definition) is 1. The minimum Gasteiger partial charge on any atom is -0.387 e. The quantitative estimate of drug-likeness (QED) is 0.755. The summed E-state index contributed by atoms with van der Waals surface area (Å²) in [6.07, 6.45) is -1.11. The van der Waals surface area contributed by atoms with E-state index < -0.39 is 11.9 Å². The van der Waals surface area contributed by atoms with Gasteiger partial charge in [0.05, 0.1) is 18.6 Å². The lowest BCUT2D eigenvalue weighted by atomic mass is 10.0. The third-order valence-corrected chi connectivity index (χ3v) is 1.87. The Morgan fingerprint density at radius 3 is 2.92 bits per heavy atom. The Kier molecular flexibility index (Phi) is 2.99. The zero-order chi connectivity index (χ0) is 9.84. The molecule has 0 aromatic heterocycles. The van der Waals surface area contributed by atoms with E-state index in [2.05, 4.69) is 0 Å². The maximum atomic E-state index is 13.3. The highest BCUT2D eigenvalue weighted by Crippen LogP contribution is 2.21. The number of aliphatic hydroxyl groups excluding tert-OH is 1. The van der Waals surface area contributed by atoms with Gasteiger partial charge in [-0.05, 0) is 12.5 Å². The monoisotopic (exact) mass is 179 g/mol. The molecule has 1 aromatic carbocycles. The van der Waals surface area contributed by atoms with E-state index in [9.17, 15) is 9.50 Å². The van der Waals surface area contributed by atoms with Gasteiger partial charge in [0.1, 0.15) is 5.82 Å². The van der Waals surface area contributed by atoms with Crippen molar-refractivity contribution in [2.45, 2.75) is 19.4 Å². The first-order chi connectivity index (χ1) is 6.16. The number of nitriles is 1. The fraction of sp³-hybridized carbons (Fsp3) is 0.300. The molecular formula is C10H10FNO. The highest BCUT2D eigenvalue weighted by atomic mass is 19.1. The van der Waals surface area contributed by atoms with Crippen molar-refractivity contribution >= 4 is 0 Å². The van der Waals surface area contributed by atoms with Crippen molar-refractivity contribution in [2.24, 2.45) is 0 Å². The average Bonchev–Trinajstić information content (AvgIpc) is 2.10. The molecule has 1 rings (SSSR count). The van der Waals surface area contributed by atoms with Gasteiger partial charge in [-0.15, -0.1) is 0 Å². The number of aryl methyl sites for hydroxylation is 1. The Bertz CT molecular complexity index is 343. The molecular weight excluding hydrogens is 169 g/mol. The van der Waals surface area contributed by atoms with Crippen LogP contribution in [-0.2, 0) is 0 Å². The van der Waals surface area contributed by atoms with Gasteiger partial charge in [-0.1, -0.05) is 18.2 Å². The van der Waals surface area contributed by atoms with E-state index in [4.69, 9.17) is 5.26 Å². The Morgan fingerprint density at radius 1 is 1.62 bits per heavy atom. The van der Waals surface area contributed by atoms with Crippen LogP contribution >= 0.6 is 0 Å². The molecule has 68 valence electrons. The van der Waals surface area contributed by atoms with Crippen LogP contribution in [0.1, 0.15) is 23.7 Å². The van der Waals surface area contributed by atoms with Gasteiger partial charge in [-0.2, -0.15) is 5.26 Å². The Balaban J connectivity index is 3.02. The summed E-state index contributed by atoms with van der Waals surface area (Å²) < 4.78 is 13.3. The zero-order valence-corrected chi connectivity index (χ0v) is 7.29. The third-order valence-electron chi connectivity index (χ3n) is 1.87. The van der Waals surface area contributed by atoms with Crippen LogP contribution in [0.4, 0.5) is 4.39 Å². The van der Waals surface area contributed by atoms with Crippen LogP contribution in [0, 0.1) is 24.1 Å². The summed E-state index contributed by atoms with van der Waals surface area (Å²) in [5, 5.41) is 17.7. The van der Waals surface area contributed by atoms with Crippen molar-refractivity contribution < 1.29 is 9.50 Å². The van der Waals surface area contributed by atoms with Crippen LogP contribution < -0.4 is 0 Å². The van der Waals surface area contributed by atoms with Gasteiger partial charge < -0.3 is 5.11 Å². The molecule has 3 heteroatoms. The number of halogens is 1. The van der Waals surface area contributed by atoms with Gasteiger partial charge >= 0.3 is 0 Å². The van der Waals surface area contributed by atoms with Gasteiger partial charge in [-0.3, -0.25) is 0 Å². The van der Waals surface area contributed by atoms with Gasteiger partial charge in [-0.25, -0.2) is 4.39 Å². The molecule has 0 spiro atoms. The first-order valence-corrected chi connectivity index (χ1v) is 3.97. The zero-order valence-electron chi connectivity index (χ0n) is 7.29. The largest absolute Gasteiger partial charge is 0.387 e. The van der Waals surface area contributed by atoms with E-state index in [0.717, 1.165) is 0 Å². The Morgan fingerprint density at radius 2 is 2.31 bits per heavy atom. The van der Waals surface area contributed by atoms with E-state index in [1.54, 1.807) is 25.1 Å². The fourth-order valence-electron chi connectivity index (χ4n) is 1.12. The van der Waals surface area contributed by atoms with Crippen LogP contribution in [0.3, 0.4) is 0 Å². The SMILES string of the molecule is Cc1cccc(C(O)CC#N)c1F. The Hall–Kier alpha value is -1.40. The highest BCUT2D eigenvalue weighted by molar-refractivity contribution is 5.27. The predicted molar refractivity (Wildman–Crippen MR) is 46.3 cm³/mol. The molecule has 0 saturated carbocycles. The molecule has 0 radical (unpaired) electrons. The van der Waals surface area contributed by atoms with Crippen molar-refractivity contribution in [3.8, 4) is 6.07 Å². The molecule has 0 fully saturated rings. The minimum absolute atomic E-state index is 0.0830. The molecule has 0 bridgehead atoms. The fourth-order valence-corrected chi connectivity index (χ4v) is 1.12. The maximum Gasteiger partial charge on any atom is 0.131 e. The Labute approximate surface area is 76.2 Å². The lowest BCUT2D eigenvalue weighted by Gasteiger charge is -2.09. The van der Waals surface area contributed by atoms with Crippen molar-refractivity contribution in [1.82, 2.24) is 0 Å². The summed E-state index contributed by atoms with van der Waals surface area (Å²) in [5.74, 6) is -0.426. The second kappa shape index (κ2) is 4.01. The first kappa shape index (κ1) is 9.69. The summed E-state index contributed by atoms with van der Waals surface area (Å²) in [5.41, 5.74) is 0.677. The molecule has 2 nitrogen and oxygen atoms in total. The molecule has 1 N–H and O–H groups in total. The van der Waals surface area contributed by atoms with Crippen molar-refractivity contribution in [3.63, 3.8) is 0 Å². The number of rotatable bonds is 2. The standard InChI is InChI=1S/C10H10FNO/c1-7-3-2-4-8(10(7)11)9(13)5-6-12/h2-4,9,13H,5H2,1H3. The van der Waals surface area contributed by atoms with Crippen LogP contribution in [0.25, 0.3) is 0 Å². The van der Waals surface area contributed by atoms with Crippen molar-refractivity contribution in [3.05, 3.63) is 35.1 Å². The summed E-state index contributed by atoms with van der Waals surface area (Å²) in [6, 6.07) is 6.57. The lowest BCUT2D eigenvalue weighted by molar-refractivity contribution is 0.178. The molecule has 0 aliphatic rings. The molecule has 1 atom stereocenters. The second-order valence-corrected chi connectivity index (χ2v) is 2.86. The topological polar surface area (TPSA) is 44.0 Å². The minimum atomic E-state index is -1.02. The van der Waals surface area contributed by atoms with Gasteiger partial charge in [0.2, 0.25) is 0 Å². The van der Waals surface area contributed by atoms with Gasteiger partial charge in [0.15, 0.2) is 0 Å².